The van der Waals surface area contributed by atoms with Crippen LogP contribution >= 0.6 is 0 Å². The third-order valence-corrected chi connectivity index (χ3v) is 1.66. The zero-order chi connectivity index (χ0) is 10.8. The first-order chi connectivity index (χ1) is 6.45. The number of hydrogen-bond donors (Lipinski definition) is 0. The van der Waals surface area contributed by atoms with Crippen molar-refractivity contribution < 1.29 is 17.9 Å². The highest BCUT2D eigenvalue weighted by Gasteiger charge is 2.32. The van der Waals surface area contributed by atoms with Crippen LogP contribution in [0.25, 0.3) is 0 Å². The Morgan fingerprint density at radius 1 is 1.36 bits per heavy atom. The number of aromatic nitrogens is 1. The Balaban J connectivity index is 3.02. The Morgan fingerprint density at radius 3 is 2.43 bits per heavy atom. The molecular formula is C9H10F3NO. The van der Waals surface area contributed by atoms with Gasteiger partial charge in [0.05, 0.1) is 17.9 Å². The lowest BCUT2D eigenvalue weighted by Gasteiger charge is -2.10. The van der Waals surface area contributed by atoms with Crippen molar-refractivity contribution >= 4 is 0 Å². The van der Waals surface area contributed by atoms with Crippen LogP contribution in [0.2, 0.25) is 0 Å². The van der Waals surface area contributed by atoms with Crippen LogP contribution in [0.1, 0.15) is 18.2 Å². The van der Waals surface area contributed by atoms with Crippen LogP contribution in [0.5, 0.6) is 5.88 Å². The summed E-state index contributed by atoms with van der Waals surface area (Å²) < 4.78 is 41.8. The summed E-state index contributed by atoms with van der Waals surface area (Å²) in [4.78, 5) is 3.69. The van der Waals surface area contributed by atoms with Gasteiger partial charge in [-0.05, 0) is 19.9 Å². The summed E-state index contributed by atoms with van der Waals surface area (Å²) >= 11 is 0. The summed E-state index contributed by atoms with van der Waals surface area (Å²) in [7, 11) is 0. The van der Waals surface area contributed by atoms with E-state index in [2.05, 4.69) is 4.98 Å². The fourth-order valence-electron chi connectivity index (χ4n) is 1.07. The molecule has 1 heterocycles. The van der Waals surface area contributed by atoms with Crippen molar-refractivity contribution in [2.24, 2.45) is 0 Å². The van der Waals surface area contributed by atoms with E-state index in [1.54, 1.807) is 6.92 Å². The summed E-state index contributed by atoms with van der Waals surface area (Å²) in [6.45, 7) is 3.44. The number of alkyl halides is 3. The van der Waals surface area contributed by atoms with Gasteiger partial charge in [-0.15, -0.1) is 0 Å². The summed E-state index contributed by atoms with van der Waals surface area (Å²) in [6.07, 6.45) is -4.35. The van der Waals surface area contributed by atoms with Gasteiger partial charge in [-0.3, -0.25) is 0 Å². The quantitative estimate of drug-likeness (QED) is 0.740. The summed E-state index contributed by atoms with van der Waals surface area (Å²) in [6, 6.07) is 2.20. The van der Waals surface area contributed by atoms with E-state index in [4.69, 9.17) is 4.74 Å². The van der Waals surface area contributed by atoms with E-state index in [0.717, 1.165) is 6.07 Å². The highest BCUT2D eigenvalue weighted by Crippen LogP contribution is 2.31. The first-order valence-corrected chi connectivity index (χ1v) is 4.12. The third kappa shape index (κ3) is 2.37. The third-order valence-electron chi connectivity index (χ3n) is 1.66. The normalized spacial score (nSPS) is 11.5. The zero-order valence-electron chi connectivity index (χ0n) is 7.85. The standard InChI is InChI=1S/C9H10F3NO/c1-3-14-8-5-4-7(6(2)13-8)9(10,11)12/h4-5H,3H2,1-2H3. The Bertz CT molecular complexity index is 322. The topological polar surface area (TPSA) is 22.1 Å². The van der Waals surface area contributed by atoms with E-state index < -0.39 is 11.7 Å². The first-order valence-electron chi connectivity index (χ1n) is 4.12. The number of rotatable bonds is 2. The summed E-state index contributed by atoms with van der Waals surface area (Å²) in [5.74, 6) is 0.220. The van der Waals surface area contributed by atoms with Crippen molar-refractivity contribution in [3.8, 4) is 5.88 Å². The minimum atomic E-state index is -4.35. The van der Waals surface area contributed by atoms with E-state index in [0.29, 0.717) is 6.61 Å². The zero-order valence-corrected chi connectivity index (χ0v) is 7.85. The molecule has 0 aliphatic heterocycles. The molecule has 14 heavy (non-hydrogen) atoms. The monoisotopic (exact) mass is 205 g/mol. The minimum Gasteiger partial charge on any atom is -0.478 e. The molecule has 0 N–H and O–H groups in total. The fourth-order valence-corrected chi connectivity index (χ4v) is 1.07. The molecule has 0 aliphatic rings. The van der Waals surface area contributed by atoms with Gasteiger partial charge in [0.25, 0.3) is 0 Å². The predicted molar refractivity (Wildman–Crippen MR) is 45.1 cm³/mol. The van der Waals surface area contributed by atoms with Crippen molar-refractivity contribution in [2.45, 2.75) is 20.0 Å². The minimum absolute atomic E-state index is 0.0662. The average molecular weight is 205 g/mol. The van der Waals surface area contributed by atoms with E-state index >= 15 is 0 Å². The van der Waals surface area contributed by atoms with Crippen molar-refractivity contribution in [1.82, 2.24) is 4.98 Å². The van der Waals surface area contributed by atoms with Crippen LogP contribution in [0.3, 0.4) is 0 Å². The highest BCUT2D eigenvalue weighted by molar-refractivity contribution is 5.27. The Hall–Kier alpha value is -1.26. The van der Waals surface area contributed by atoms with Crippen LogP contribution in [-0.2, 0) is 6.18 Å². The maximum absolute atomic E-state index is 12.3. The van der Waals surface area contributed by atoms with E-state index in [-0.39, 0.29) is 11.6 Å². The van der Waals surface area contributed by atoms with Gasteiger partial charge in [0.15, 0.2) is 0 Å². The molecule has 1 rings (SSSR count). The van der Waals surface area contributed by atoms with Crippen molar-refractivity contribution in [1.29, 1.82) is 0 Å². The molecule has 1 aromatic rings. The Labute approximate surface area is 79.7 Å². The molecule has 0 saturated heterocycles. The second-order valence-corrected chi connectivity index (χ2v) is 2.71. The molecule has 0 aromatic carbocycles. The SMILES string of the molecule is CCOc1ccc(C(F)(F)F)c(C)n1. The number of halogens is 3. The summed E-state index contributed by atoms with van der Waals surface area (Å²) in [5, 5.41) is 0. The van der Waals surface area contributed by atoms with Gasteiger partial charge in [-0.2, -0.15) is 13.2 Å². The summed E-state index contributed by atoms with van der Waals surface area (Å²) in [5.41, 5.74) is -0.788. The molecule has 0 bridgehead atoms. The molecule has 2 nitrogen and oxygen atoms in total. The second-order valence-electron chi connectivity index (χ2n) is 2.71. The van der Waals surface area contributed by atoms with Crippen LogP contribution in [0, 0.1) is 6.92 Å². The van der Waals surface area contributed by atoms with Crippen LogP contribution in [0.15, 0.2) is 12.1 Å². The Morgan fingerprint density at radius 2 is 2.00 bits per heavy atom. The van der Waals surface area contributed by atoms with Gasteiger partial charge in [0.2, 0.25) is 5.88 Å². The largest absolute Gasteiger partial charge is 0.478 e. The maximum atomic E-state index is 12.3. The van der Waals surface area contributed by atoms with Crippen LogP contribution < -0.4 is 4.74 Å². The van der Waals surface area contributed by atoms with Crippen LogP contribution in [-0.4, -0.2) is 11.6 Å². The second kappa shape index (κ2) is 3.86. The molecule has 0 aliphatic carbocycles. The van der Waals surface area contributed by atoms with E-state index in [1.807, 2.05) is 0 Å². The maximum Gasteiger partial charge on any atom is 0.418 e. The van der Waals surface area contributed by atoms with Gasteiger partial charge < -0.3 is 4.74 Å². The van der Waals surface area contributed by atoms with Crippen molar-refractivity contribution in [3.05, 3.63) is 23.4 Å². The van der Waals surface area contributed by atoms with E-state index in [1.165, 1.54) is 13.0 Å². The van der Waals surface area contributed by atoms with Gasteiger partial charge in [-0.1, -0.05) is 0 Å². The molecule has 78 valence electrons. The van der Waals surface area contributed by atoms with Gasteiger partial charge >= 0.3 is 6.18 Å². The Kier molecular flexibility index (Phi) is 2.98. The predicted octanol–water partition coefficient (Wildman–Crippen LogP) is 2.81. The smallest absolute Gasteiger partial charge is 0.418 e. The van der Waals surface area contributed by atoms with Gasteiger partial charge in [0.1, 0.15) is 0 Å². The van der Waals surface area contributed by atoms with Crippen LogP contribution in [0.4, 0.5) is 13.2 Å². The molecule has 0 fully saturated rings. The van der Waals surface area contributed by atoms with Crippen molar-refractivity contribution in [3.63, 3.8) is 0 Å². The molecule has 0 unspecified atom stereocenters. The lowest BCUT2D eigenvalue weighted by atomic mass is 10.2. The number of ether oxygens (including phenoxy) is 1. The first kappa shape index (κ1) is 10.8. The molecule has 0 amide bonds. The number of hydrogen-bond acceptors (Lipinski definition) is 2. The molecule has 1 aromatic heterocycles. The number of aryl methyl sites for hydroxylation is 1. The average Bonchev–Trinajstić information content (AvgIpc) is 2.02. The molecule has 0 spiro atoms. The molecule has 0 saturated carbocycles. The number of pyridine rings is 1. The van der Waals surface area contributed by atoms with Gasteiger partial charge in [0, 0.05) is 6.07 Å². The molecular weight excluding hydrogens is 195 g/mol. The number of nitrogens with zero attached hydrogens (tertiary/aromatic N) is 1. The molecule has 0 radical (unpaired) electrons. The lowest BCUT2D eigenvalue weighted by molar-refractivity contribution is -0.138. The van der Waals surface area contributed by atoms with Gasteiger partial charge in [-0.25, -0.2) is 4.98 Å². The van der Waals surface area contributed by atoms with E-state index in [9.17, 15) is 13.2 Å². The molecule has 0 atom stereocenters. The molecule has 5 heteroatoms. The lowest BCUT2D eigenvalue weighted by Crippen LogP contribution is -2.09. The highest BCUT2D eigenvalue weighted by atomic mass is 19.4. The fraction of sp³-hybridized carbons (Fsp3) is 0.444. The van der Waals surface area contributed by atoms with Crippen molar-refractivity contribution in [2.75, 3.05) is 6.61 Å².